The van der Waals surface area contributed by atoms with E-state index in [0.29, 0.717) is 15.7 Å². The Morgan fingerprint density at radius 3 is 2.43 bits per heavy atom. The Morgan fingerprint density at radius 1 is 1.14 bits per heavy atom. The van der Waals surface area contributed by atoms with Crippen molar-refractivity contribution in [2.24, 2.45) is 0 Å². The van der Waals surface area contributed by atoms with Crippen molar-refractivity contribution in [3.63, 3.8) is 0 Å². The first-order valence-corrected chi connectivity index (χ1v) is 6.99. The minimum atomic E-state index is -4.39. The van der Waals surface area contributed by atoms with E-state index in [1.807, 2.05) is 0 Å². The maximum Gasteiger partial charge on any atom is 0.416 e. The van der Waals surface area contributed by atoms with Crippen LogP contribution in [0.3, 0.4) is 0 Å². The predicted octanol–water partition coefficient (Wildman–Crippen LogP) is 5.35. The van der Waals surface area contributed by atoms with E-state index in [9.17, 15) is 18.3 Å². The fourth-order valence-electron chi connectivity index (χ4n) is 1.98. The highest BCUT2D eigenvalue weighted by atomic mass is 79.9. The number of phenols is 1. The highest BCUT2D eigenvalue weighted by Gasteiger charge is 2.31. The van der Waals surface area contributed by atoms with Gasteiger partial charge in [-0.3, -0.25) is 0 Å². The quantitative estimate of drug-likeness (QED) is 0.774. The molecule has 2 aromatic rings. The van der Waals surface area contributed by atoms with Crippen LogP contribution in [0.4, 0.5) is 18.9 Å². The minimum absolute atomic E-state index is 0.0978. The average Bonchev–Trinajstić information content (AvgIpc) is 2.40. The lowest BCUT2D eigenvalue weighted by Gasteiger charge is -2.19. The molecule has 0 bridgehead atoms. The Hall–Kier alpha value is -1.69. The molecule has 0 saturated heterocycles. The molecule has 1 atom stereocenters. The summed E-state index contributed by atoms with van der Waals surface area (Å²) in [6, 6.07) is 9.76. The summed E-state index contributed by atoms with van der Waals surface area (Å²) in [5, 5.41) is 12.8. The lowest BCUT2D eigenvalue weighted by atomic mass is 10.1. The van der Waals surface area contributed by atoms with E-state index in [0.717, 1.165) is 12.1 Å². The van der Waals surface area contributed by atoms with Gasteiger partial charge in [-0.15, -0.1) is 0 Å². The zero-order chi connectivity index (χ0) is 15.6. The highest BCUT2D eigenvalue weighted by Crippen LogP contribution is 2.36. The molecule has 0 aliphatic carbocycles. The molecule has 0 aromatic heterocycles. The third kappa shape index (κ3) is 3.69. The van der Waals surface area contributed by atoms with Crippen molar-refractivity contribution in [2.45, 2.75) is 19.1 Å². The van der Waals surface area contributed by atoms with Gasteiger partial charge in [-0.2, -0.15) is 13.2 Å². The number of nitrogens with one attached hydrogen (secondary N) is 1. The average molecular weight is 360 g/mol. The van der Waals surface area contributed by atoms with E-state index in [4.69, 9.17) is 0 Å². The molecule has 2 rings (SSSR count). The molecule has 0 aliphatic heterocycles. The van der Waals surface area contributed by atoms with E-state index in [1.165, 1.54) is 12.1 Å². The van der Waals surface area contributed by atoms with Crippen molar-refractivity contribution in [1.29, 1.82) is 0 Å². The van der Waals surface area contributed by atoms with E-state index >= 15 is 0 Å². The first-order chi connectivity index (χ1) is 9.79. The number of aromatic hydroxyl groups is 1. The van der Waals surface area contributed by atoms with Gasteiger partial charge >= 0.3 is 6.18 Å². The van der Waals surface area contributed by atoms with Gasteiger partial charge in [0.05, 0.1) is 11.6 Å². The van der Waals surface area contributed by atoms with E-state index in [2.05, 4.69) is 21.2 Å². The molecule has 2 nitrogen and oxygen atoms in total. The number of hydrogen-bond acceptors (Lipinski definition) is 2. The fraction of sp³-hybridized carbons (Fsp3) is 0.200. The Labute approximate surface area is 128 Å². The maximum absolute atomic E-state index is 12.7. The van der Waals surface area contributed by atoms with E-state index in [1.54, 1.807) is 25.1 Å². The number of anilines is 1. The Bertz CT molecular complexity index is 643. The summed E-state index contributed by atoms with van der Waals surface area (Å²) in [5.41, 5.74) is 0.208. The van der Waals surface area contributed by atoms with Gasteiger partial charge in [-0.05, 0) is 47.1 Å². The van der Waals surface area contributed by atoms with Crippen LogP contribution in [0.15, 0.2) is 46.9 Å². The van der Waals surface area contributed by atoms with Gasteiger partial charge in [-0.25, -0.2) is 0 Å². The fourth-order valence-corrected chi connectivity index (χ4v) is 2.34. The second-order valence-electron chi connectivity index (χ2n) is 4.62. The van der Waals surface area contributed by atoms with Crippen LogP contribution in [0.2, 0.25) is 0 Å². The van der Waals surface area contributed by atoms with Gasteiger partial charge in [0.25, 0.3) is 0 Å². The van der Waals surface area contributed by atoms with E-state index < -0.39 is 11.7 Å². The Morgan fingerprint density at radius 2 is 1.81 bits per heavy atom. The number of phenolic OH excluding ortho intramolecular Hbond substituents is 1. The lowest BCUT2D eigenvalue weighted by Crippen LogP contribution is -2.10. The van der Waals surface area contributed by atoms with Gasteiger partial charge < -0.3 is 10.4 Å². The Kier molecular flexibility index (Phi) is 4.46. The summed E-state index contributed by atoms with van der Waals surface area (Å²) in [4.78, 5) is 0. The summed E-state index contributed by atoms with van der Waals surface area (Å²) in [5.74, 6) is 0.0978. The largest absolute Gasteiger partial charge is 0.508 e. The molecular weight excluding hydrogens is 347 g/mol. The van der Waals surface area contributed by atoms with Crippen LogP contribution in [0.5, 0.6) is 5.75 Å². The molecule has 112 valence electrons. The molecule has 6 heteroatoms. The van der Waals surface area contributed by atoms with Crippen molar-refractivity contribution in [1.82, 2.24) is 0 Å². The summed E-state index contributed by atoms with van der Waals surface area (Å²) in [7, 11) is 0. The zero-order valence-corrected chi connectivity index (χ0v) is 12.7. The third-order valence-electron chi connectivity index (χ3n) is 3.07. The van der Waals surface area contributed by atoms with Crippen molar-refractivity contribution < 1.29 is 18.3 Å². The van der Waals surface area contributed by atoms with Gasteiger partial charge in [0.2, 0.25) is 0 Å². The van der Waals surface area contributed by atoms with Crippen molar-refractivity contribution >= 4 is 21.6 Å². The maximum atomic E-state index is 12.7. The monoisotopic (exact) mass is 359 g/mol. The normalized spacial score (nSPS) is 13.0. The number of alkyl halides is 3. The summed E-state index contributed by atoms with van der Waals surface area (Å²) in [6.45, 7) is 1.77. The molecule has 0 radical (unpaired) electrons. The molecule has 2 aromatic carbocycles. The number of halogens is 4. The molecule has 0 saturated carbocycles. The van der Waals surface area contributed by atoms with Crippen LogP contribution >= 0.6 is 15.9 Å². The number of hydrogen-bond donors (Lipinski definition) is 2. The van der Waals surface area contributed by atoms with E-state index in [-0.39, 0.29) is 11.8 Å². The third-order valence-corrected chi connectivity index (χ3v) is 3.76. The van der Waals surface area contributed by atoms with Crippen molar-refractivity contribution in [3.8, 4) is 5.75 Å². The smallest absolute Gasteiger partial charge is 0.416 e. The SMILES string of the molecule is CC(Nc1cc(C(F)(F)F)ccc1Br)c1ccccc1O. The van der Waals surface area contributed by atoms with Gasteiger partial charge in [0, 0.05) is 15.7 Å². The molecule has 1 unspecified atom stereocenters. The molecule has 0 spiro atoms. The van der Waals surface area contributed by atoms with Crippen LogP contribution in [0.25, 0.3) is 0 Å². The number of benzene rings is 2. The molecule has 0 aliphatic rings. The summed E-state index contributed by atoms with van der Waals surface area (Å²) in [6.07, 6.45) is -4.39. The van der Waals surface area contributed by atoms with Crippen LogP contribution in [-0.2, 0) is 6.18 Å². The van der Waals surface area contributed by atoms with Crippen LogP contribution in [0, 0.1) is 0 Å². The predicted molar refractivity (Wildman–Crippen MR) is 79.3 cm³/mol. The molecule has 21 heavy (non-hydrogen) atoms. The summed E-state index contributed by atoms with van der Waals surface area (Å²) >= 11 is 3.22. The number of para-hydroxylation sites is 1. The molecular formula is C15H13BrF3NO. The molecule has 0 fully saturated rings. The second-order valence-corrected chi connectivity index (χ2v) is 5.47. The molecule has 0 amide bonds. The van der Waals surface area contributed by atoms with Gasteiger partial charge in [0.1, 0.15) is 5.75 Å². The van der Waals surface area contributed by atoms with Gasteiger partial charge in [0.15, 0.2) is 0 Å². The Balaban J connectivity index is 2.29. The van der Waals surface area contributed by atoms with Crippen LogP contribution in [0.1, 0.15) is 24.1 Å². The van der Waals surface area contributed by atoms with Gasteiger partial charge in [-0.1, -0.05) is 18.2 Å². The minimum Gasteiger partial charge on any atom is -0.508 e. The van der Waals surface area contributed by atoms with Crippen LogP contribution in [-0.4, -0.2) is 5.11 Å². The lowest BCUT2D eigenvalue weighted by molar-refractivity contribution is -0.137. The molecule has 0 heterocycles. The highest BCUT2D eigenvalue weighted by molar-refractivity contribution is 9.10. The topological polar surface area (TPSA) is 32.3 Å². The standard InChI is InChI=1S/C15H13BrF3NO/c1-9(11-4-2-3-5-14(11)21)20-13-8-10(15(17,18)19)6-7-12(13)16/h2-9,20-21H,1H3. The zero-order valence-electron chi connectivity index (χ0n) is 11.1. The number of rotatable bonds is 3. The van der Waals surface area contributed by atoms with Crippen LogP contribution < -0.4 is 5.32 Å². The van der Waals surface area contributed by atoms with Crippen molar-refractivity contribution in [3.05, 3.63) is 58.1 Å². The first kappa shape index (κ1) is 15.7. The first-order valence-electron chi connectivity index (χ1n) is 6.20. The second kappa shape index (κ2) is 5.97. The summed E-state index contributed by atoms with van der Waals surface area (Å²) < 4.78 is 38.7. The molecule has 2 N–H and O–H groups in total. The van der Waals surface area contributed by atoms with Crippen molar-refractivity contribution in [2.75, 3.05) is 5.32 Å².